The van der Waals surface area contributed by atoms with E-state index in [0.717, 1.165) is 35.1 Å². The number of amides is 2. The molecule has 10 heteroatoms. The molecule has 0 saturated heterocycles. The first-order valence-electron chi connectivity index (χ1n) is 15.3. The number of hydrogen-bond donors (Lipinski definition) is 1. The van der Waals surface area contributed by atoms with E-state index in [0.29, 0.717) is 55.9 Å². The summed E-state index contributed by atoms with van der Waals surface area (Å²) in [4.78, 5) is 43.6. The summed E-state index contributed by atoms with van der Waals surface area (Å²) in [6.07, 6.45) is 5.20. The van der Waals surface area contributed by atoms with Gasteiger partial charge in [-0.05, 0) is 68.9 Å². The summed E-state index contributed by atoms with van der Waals surface area (Å²) < 4.78 is 8.19. The molecule has 43 heavy (non-hydrogen) atoms. The van der Waals surface area contributed by atoms with Crippen molar-refractivity contribution < 1.29 is 24.2 Å². The van der Waals surface area contributed by atoms with Gasteiger partial charge < -0.3 is 19.6 Å². The number of carboxylic acid groups (broad SMARTS) is 1. The summed E-state index contributed by atoms with van der Waals surface area (Å²) in [5.74, 6) is -1.74. The molecule has 0 spiro atoms. The predicted octanol–water partition coefficient (Wildman–Crippen LogP) is 4.72. The Kier molecular flexibility index (Phi) is 7.94. The summed E-state index contributed by atoms with van der Waals surface area (Å²) >= 11 is 0. The highest BCUT2D eigenvalue weighted by Gasteiger charge is 2.43. The lowest BCUT2D eigenvalue weighted by molar-refractivity contribution is -0.153. The number of aliphatic carboxylic acids is 1. The molecule has 2 aromatic carbocycles. The SMILES string of the molecule is Cc1ccc(OCc2cn(C(C)C)nn2)c2c1CCN(C(=O)[C@@H]1CCCC[C@@H]1C(=O)O)[C@@H]2CN1Cc2ccccc2C1=O. The number of hydrogen-bond acceptors (Lipinski definition) is 6. The Hall–Kier alpha value is -4.21. The zero-order valence-electron chi connectivity index (χ0n) is 25.0. The van der Waals surface area contributed by atoms with Gasteiger partial charge in [-0.1, -0.05) is 42.3 Å². The first-order chi connectivity index (χ1) is 20.7. The Balaban J connectivity index is 1.37. The summed E-state index contributed by atoms with van der Waals surface area (Å²) in [6.45, 7) is 7.55. The van der Waals surface area contributed by atoms with Crippen molar-refractivity contribution >= 4 is 17.8 Å². The zero-order chi connectivity index (χ0) is 30.2. The number of benzene rings is 2. The monoisotopic (exact) mass is 585 g/mol. The number of carbonyl (C=O) groups is 3. The quantitative estimate of drug-likeness (QED) is 0.407. The number of aryl methyl sites for hydroxylation is 1. The van der Waals surface area contributed by atoms with Crippen molar-refractivity contribution in [1.29, 1.82) is 0 Å². The summed E-state index contributed by atoms with van der Waals surface area (Å²) in [5, 5.41) is 18.4. The van der Waals surface area contributed by atoms with Gasteiger partial charge in [0.15, 0.2) is 0 Å². The Morgan fingerprint density at radius 3 is 2.58 bits per heavy atom. The minimum Gasteiger partial charge on any atom is -0.487 e. The first kappa shape index (κ1) is 28.9. The van der Waals surface area contributed by atoms with Crippen LogP contribution < -0.4 is 4.74 Å². The van der Waals surface area contributed by atoms with Gasteiger partial charge >= 0.3 is 5.97 Å². The maximum atomic E-state index is 14.3. The third kappa shape index (κ3) is 5.50. The fourth-order valence-electron chi connectivity index (χ4n) is 6.96. The van der Waals surface area contributed by atoms with Crippen LogP contribution in [-0.4, -0.2) is 60.8 Å². The molecule has 1 saturated carbocycles. The van der Waals surface area contributed by atoms with Crippen molar-refractivity contribution in [1.82, 2.24) is 24.8 Å². The predicted molar refractivity (Wildman–Crippen MR) is 158 cm³/mol. The smallest absolute Gasteiger partial charge is 0.307 e. The van der Waals surface area contributed by atoms with Gasteiger partial charge in [-0.2, -0.15) is 0 Å². The average Bonchev–Trinajstić information content (AvgIpc) is 3.61. The van der Waals surface area contributed by atoms with Crippen LogP contribution in [0.15, 0.2) is 42.6 Å². The topological polar surface area (TPSA) is 118 Å². The van der Waals surface area contributed by atoms with Crippen LogP contribution in [0.4, 0.5) is 0 Å². The first-order valence-corrected chi connectivity index (χ1v) is 15.3. The molecule has 6 rings (SSSR count). The molecule has 0 unspecified atom stereocenters. The van der Waals surface area contributed by atoms with Gasteiger partial charge in [0.2, 0.25) is 5.91 Å². The van der Waals surface area contributed by atoms with Crippen LogP contribution in [0.2, 0.25) is 0 Å². The Labute approximate surface area is 251 Å². The molecule has 2 aliphatic heterocycles. The van der Waals surface area contributed by atoms with E-state index in [1.807, 2.05) is 61.3 Å². The van der Waals surface area contributed by atoms with E-state index < -0.39 is 23.8 Å². The average molecular weight is 586 g/mol. The van der Waals surface area contributed by atoms with E-state index in [9.17, 15) is 19.5 Å². The standard InChI is InChI=1S/C33H39N5O5/c1-20(2)38-17-23(34-35-38)19-43-29-13-12-21(3)24-14-15-37(32(40)26-10-6-7-11-27(26)33(41)42)28(30(24)29)18-36-16-22-8-4-5-9-25(22)31(36)39/h4-5,8-9,12-13,17,20,26-28H,6-7,10-11,14-16,18-19H2,1-3H3,(H,41,42)/t26-,27+,28-/m1/s1. The number of carbonyl (C=O) groups excluding carboxylic acids is 2. The second kappa shape index (κ2) is 11.8. The Morgan fingerprint density at radius 2 is 1.86 bits per heavy atom. The molecule has 0 radical (unpaired) electrons. The highest BCUT2D eigenvalue weighted by Crippen LogP contribution is 2.42. The van der Waals surface area contributed by atoms with Crippen LogP contribution in [0.3, 0.4) is 0 Å². The van der Waals surface area contributed by atoms with Gasteiger partial charge in [-0.25, -0.2) is 4.68 Å². The van der Waals surface area contributed by atoms with Gasteiger partial charge in [-0.3, -0.25) is 14.4 Å². The van der Waals surface area contributed by atoms with Crippen LogP contribution in [0.1, 0.15) is 89.9 Å². The molecule has 3 heterocycles. The third-order valence-electron chi connectivity index (χ3n) is 9.30. The molecule has 0 bridgehead atoms. The lowest BCUT2D eigenvalue weighted by Crippen LogP contribution is -2.50. The number of carboxylic acids is 1. The van der Waals surface area contributed by atoms with Crippen LogP contribution in [0.5, 0.6) is 5.75 Å². The van der Waals surface area contributed by atoms with Crippen LogP contribution in [0, 0.1) is 18.8 Å². The normalized spacial score (nSPS) is 21.6. The largest absolute Gasteiger partial charge is 0.487 e. The van der Waals surface area contributed by atoms with Gasteiger partial charge in [-0.15, -0.1) is 5.10 Å². The minimum atomic E-state index is -0.911. The minimum absolute atomic E-state index is 0.0587. The molecule has 1 fully saturated rings. The molecule has 2 amide bonds. The lowest BCUT2D eigenvalue weighted by Gasteiger charge is -2.43. The second-order valence-electron chi connectivity index (χ2n) is 12.3. The fraction of sp³-hybridized carbons (Fsp3) is 0.485. The van der Waals surface area contributed by atoms with Gasteiger partial charge in [0.25, 0.3) is 5.91 Å². The number of fused-ring (bicyclic) bond motifs is 2. The van der Waals surface area contributed by atoms with Gasteiger partial charge in [0.1, 0.15) is 18.1 Å². The Bertz CT molecular complexity index is 1550. The second-order valence-corrected chi connectivity index (χ2v) is 12.3. The van der Waals surface area contributed by atoms with Crippen molar-refractivity contribution in [2.24, 2.45) is 11.8 Å². The summed E-state index contributed by atoms with van der Waals surface area (Å²) in [7, 11) is 0. The lowest BCUT2D eigenvalue weighted by atomic mass is 9.77. The number of aromatic nitrogens is 3. The van der Waals surface area contributed by atoms with Crippen molar-refractivity contribution in [2.45, 2.75) is 78.1 Å². The molecular formula is C33H39N5O5. The highest BCUT2D eigenvalue weighted by atomic mass is 16.5. The van der Waals surface area contributed by atoms with E-state index in [4.69, 9.17) is 4.74 Å². The van der Waals surface area contributed by atoms with Crippen LogP contribution in [-0.2, 0) is 29.2 Å². The van der Waals surface area contributed by atoms with Crippen molar-refractivity contribution in [3.63, 3.8) is 0 Å². The van der Waals surface area contributed by atoms with Crippen molar-refractivity contribution in [3.05, 3.63) is 76.1 Å². The van der Waals surface area contributed by atoms with Crippen LogP contribution >= 0.6 is 0 Å². The van der Waals surface area contributed by atoms with Crippen molar-refractivity contribution in [2.75, 3.05) is 13.1 Å². The molecule has 3 aliphatic rings. The molecule has 3 atom stereocenters. The van der Waals surface area contributed by atoms with Gasteiger partial charge in [0.05, 0.1) is 24.1 Å². The highest BCUT2D eigenvalue weighted by molar-refractivity contribution is 5.98. The van der Waals surface area contributed by atoms with E-state index >= 15 is 0 Å². The molecule has 10 nitrogen and oxygen atoms in total. The molecule has 1 aliphatic carbocycles. The third-order valence-corrected chi connectivity index (χ3v) is 9.30. The van der Waals surface area contributed by atoms with E-state index in [-0.39, 0.29) is 24.5 Å². The van der Waals surface area contributed by atoms with E-state index in [1.54, 1.807) is 9.58 Å². The number of nitrogens with zero attached hydrogens (tertiary/aromatic N) is 5. The maximum absolute atomic E-state index is 14.3. The maximum Gasteiger partial charge on any atom is 0.307 e. The molecule has 226 valence electrons. The number of rotatable bonds is 8. The van der Waals surface area contributed by atoms with E-state index in [1.165, 1.54) is 0 Å². The van der Waals surface area contributed by atoms with Crippen molar-refractivity contribution in [3.8, 4) is 5.75 Å². The molecule has 1 N–H and O–H groups in total. The number of ether oxygens (including phenoxy) is 1. The fourth-order valence-corrected chi connectivity index (χ4v) is 6.96. The van der Waals surface area contributed by atoms with E-state index in [2.05, 4.69) is 17.2 Å². The summed E-state index contributed by atoms with van der Waals surface area (Å²) in [6, 6.07) is 11.3. The summed E-state index contributed by atoms with van der Waals surface area (Å²) in [5.41, 5.74) is 5.45. The Morgan fingerprint density at radius 1 is 1.09 bits per heavy atom. The van der Waals surface area contributed by atoms with Crippen LogP contribution in [0.25, 0.3) is 0 Å². The molecule has 3 aromatic rings. The molecule has 1 aromatic heterocycles. The zero-order valence-corrected chi connectivity index (χ0v) is 25.0. The molecular weight excluding hydrogens is 546 g/mol. The van der Waals surface area contributed by atoms with Gasteiger partial charge in [0, 0.05) is 36.8 Å².